The molecule has 0 atom stereocenters. The molecule has 0 N–H and O–H groups in total. The maximum absolute atomic E-state index is 11.2. The lowest BCUT2D eigenvalue weighted by atomic mass is 10.3. The van der Waals surface area contributed by atoms with Crippen LogP contribution in [0.15, 0.2) is 11.4 Å². The molecule has 0 aliphatic rings. The lowest BCUT2D eigenvalue weighted by Crippen LogP contribution is -2.03. The van der Waals surface area contributed by atoms with Gasteiger partial charge in [-0.15, -0.1) is 11.3 Å². The lowest BCUT2D eigenvalue weighted by Gasteiger charge is -2.04. The molecular formula is C10H14O3S. The Bertz CT molecular complexity index is 293. The van der Waals surface area contributed by atoms with Crippen molar-refractivity contribution in [2.75, 3.05) is 13.7 Å². The molecule has 1 aromatic heterocycles. The summed E-state index contributed by atoms with van der Waals surface area (Å²) < 4.78 is 10.1. The van der Waals surface area contributed by atoms with Crippen LogP contribution in [0.3, 0.4) is 0 Å². The summed E-state index contributed by atoms with van der Waals surface area (Å²) in [5.74, 6) is 0.307. The third kappa shape index (κ3) is 2.73. The van der Waals surface area contributed by atoms with E-state index in [1.807, 2.05) is 5.38 Å². The second kappa shape index (κ2) is 5.65. The largest absolute Gasteiger partial charge is 0.492 e. The highest BCUT2D eigenvalue weighted by Crippen LogP contribution is 2.25. The molecule has 0 aromatic carbocycles. The van der Waals surface area contributed by atoms with Gasteiger partial charge in [-0.2, -0.15) is 0 Å². The van der Waals surface area contributed by atoms with Crippen LogP contribution in [0, 0.1) is 0 Å². The van der Waals surface area contributed by atoms with E-state index >= 15 is 0 Å². The summed E-state index contributed by atoms with van der Waals surface area (Å²) >= 11 is 1.34. The van der Waals surface area contributed by atoms with Crippen LogP contribution in [0.1, 0.15) is 29.4 Å². The fourth-order valence-corrected chi connectivity index (χ4v) is 1.73. The Balaban J connectivity index is 2.58. The van der Waals surface area contributed by atoms with Crippen molar-refractivity contribution in [3.63, 3.8) is 0 Å². The maximum Gasteiger partial charge on any atom is 0.351 e. The quantitative estimate of drug-likeness (QED) is 0.558. The Morgan fingerprint density at radius 1 is 1.57 bits per heavy atom. The van der Waals surface area contributed by atoms with Gasteiger partial charge in [-0.1, -0.05) is 13.3 Å². The Labute approximate surface area is 87.7 Å². The van der Waals surface area contributed by atoms with Crippen molar-refractivity contribution < 1.29 is 14.3 Å². The van der Waals surface area contributed by atoms with Gasteiger partial charge in [-0.25, -0.2) is 4.79 Å². The molecule has 4 heteroatoms. The Morgan fingerprint density at radius 3 is 3.00 bits per heavy atom. The van der Waals surface area contributed by atoms with Gasteiger partial charge in [0.15, 0.2) is 4.88 Å². The van der Waals surface area contributed by atoms with Gasteiger partial charge >= 0.3 is 5.97 Å². The second-order valence-corrected chi connectivity index (χ2v) is 3.72. The van der Waals surface area contributed by atoms with Crippen LogP contribution >= 0.6 is 11.3 Å². The van der Waals surface area contributed by atoms with E-state index in [-0.39, 0.29) is 5.97 Å². The standard InChI is InChI=1S/C10H14O3S/c1-3-4-6-13-8-5-7-14-9(8)10(11)12-2/h5,7H,3-4,6H2,1-2H3. The molecule has 1 rings (SSSR count). The zero-order chi connectivity index (χ0) is 10.4. The number of hydrogen-bond acceptors (Lipinski definition) is 4. The van der Waals surface area contributed by atoms with Gasteiger partial charge in [0.05, 0.1) is 13.7 Å². The highest BCUT2D eigenvalue weighted by molar-refractivity contribution is 7.12. The van der Waals surface area contributed by atoms with Gasteiger partial charge in [0.1, 0.15) is 5.75 Å². The van der Waals surface area contributed by atoms with Crippen molar-refractivity contribution in [2.45, 2.75) is 19.8 Å². The molecule has 0 radical (unpaired) electrons. The number of thiophene rings is 1. The monoisotopic (exact) mass is 214 g/mol. The minimum Gasteiger partial charge on any atom is -0.492 e. The zero-order valence-electron chi connectivity index (χ0n) is 8.41. The fourth-order valence-electron chi connectivity index (χ4n) is 0.979. The number of rotatable bonds is 5. The van der Waals surface area contributed by atoms with Crippen molar-refractivity contribution in [1.29, 1.82) is 0 Å². The van der Waals surface area contributed by atoms with E-state index in [1.54, 1.807) is 6.07 Å². The molecule has 0 amide bonds. The summed E-state index contributed by atoms with van der Waals surface area (Å²) in [6, 6.07) is 1.80. The molecule has 0 saturated heterocycles. The first-order valence-electron chi connectivity index (χ1n) is 4.58. The SMILES string of the molecule is CCCCOc1ccsc1C(=O)OC. The third-order valence-electron chi connectivity index (χ3n) is 1.76. The van der Waals surface area contributed by atoms with Crippen LogP contribution in [-0.4, -0.2) is 19.7 Å². The molecule has 0 bridgehead atoms. The van der Waals surface area contributed by atoms with Crippen molar-refractivity contribution in [3.05, 3.63) is 16.3 Å². The van der Waals surface area contributed by atoms with Crippen molar-refractivity contribution in [3.8, 4) is 5.75 Å². The predicted octanol–water partition coefficient (Wildman–Crippen LogP) is 2.71. The van der Waals surface area contributed by atoms with E-state index < -0.39 is 0 Å². The van der Waals surface area contributed by atoms with Gasteiger partial charge in [0.2, 0.25) is 0 Å². The minimum absolute atomic E-state index is 0.327. The molecule has 0 unspecified atom stereocenters. The molecule has 1 aromatic rings. The molecule has 0 aliphatic heterocycles. The number of hydrogen-bond donors (Lipinski definition) is 0. The highest BCUT2D eigenvalue weighted by Gasteiger charge is 2.14. The van der Waals surface area contributed by atoms with Gasteiger partial charge in [-0.3, -0.25) is 0 Å². The van der Waals surface area contributed by atoms with E-state index in [4.69, 9.17) is 4.74 Å². The number of methoxy groups -OCH3 is 1. The zero-order valence-corrected chi connectivity index (χ0v) is 9.23. The predicted molar refractivity (Wildman–Crippen MR) is 56.1 cm³/mol. The van der Waals surface area contributed by atoms with Crippen LogP contribution in [0.4, 0.5) is 0 Å². The summed E-state index contributed by atoms with van der Waals surface area (Å²) in [5, 5.41) is 1.83. The smallest absolute Gasteiger partial charge is 0.351 e. The second-order valence-electron chi connectivity index (χ2n) is 2.81. The van der Waals surface area contributed by atoms with Gasteiger partial charge in [0, 0.05) is 0 Å². The van der Waals surface area contributed by atoms with Gasteiger partial charge < -0.3 is 9.47 Å². The van der Waals surface area contributed by atoms with Crippen molar-refractivity contribution >= 4 is 17.3 Å². The third-order valence-corrected chi connectivity index (χ3v) is 2.63. The summed E-state index contributed by atoms with van der Waals surface area (Å²) in [4.78, 5) is 11.8. The topological polar surface area (TPSA) is 35.5 Å². The van der Waals surface area contributed by atoms with E-state index in [9.17, 15) is 4.79 Å². The number of ether oxygens (including phenoxy) is 2. The molecule has 14 heavy (non-hydrogen) atoms. The minimum atomic E-state index is -0.327. The average molecular weight is 214 g/mol. The Hall–Kier alpha value is -1.03. The first-order valence-corrected chi connectivity index (χ1v) is 5.46. The number of unbranched alkanes of at least 4 members (excludes halogenated alkanes) is 1. The summed E-state index contributed by atoms with van der Waals surface area (Å²) in [6.07, 6.45) is 2.08. The molecule has 1 heterocycles. The normalized spacial score (nSPS) is 9.86. The van der Waals surface area contributed by atoms with E-state index in [2.05, 4.69) is 11.7 Å². The summed E-state index contributed by atoms with van der Waals surface area (Å²) in [6.45, 7) is 2.75. The van der Waals surface area contributed by atoms with Crippen molar-refractivity contribution in [1.82, 2.24) is 0 Å². The first-order chi connectivity index (χ1) is 6.79. The molecule has 3 nitrogen and oxygen atoms in total. The van der Waals surface area contributed by atoms with Crippen LogP contribution in [0.5, 0.6) is 5.75 Å². The summed E-state index contributed by atoms with van der Waals surface area (Å²) in [7, 11) is 1.37. The van der Waals surface area contributed by atoms with Gasteiger partial charge in [-0.05, 0) is 17.9 Å². The maximum atomic E-state index is 11.2. The van der Waals surface area contributed by atoms with E-state index in [1.165, 1.54) is 18.4 Å². The number of carbonyl (C=O) groups is 1. The van der Waals surface area contributed by atoms with Crippen molar-refractivity contribution in [2.24, 2.45) is 0 Å². The Morgan fingerprint density at radius 2 is 2.36 bits per heavy atom. The Kier molecular flexibility index (Phi) is 4.46. The van der Waals surface area contributed by atoms with Crippen LogP contribution < -0.4 is 4.74 Å². The molecule has 0 fully saturated rings. The average Bonchev–Trinajstić information content (AvgIpc) is 2.65. The van der Waals surface area contributed by atoms with E-state index in [0.29, 0.717) is 17.2 Å². The molecule has 0 saturated carbocycles. The number of carbonyl (C=O) groups excluding carboxylic acids is 1. The molecule has 0 spiro atoms. The molecule has 78 valence electrons. The van der Waals surface area contributed by atoms with Crippen LogP contribution in [0.25, 0.3) is 0 Å². The van der Waals surface area contributed by atoms with Crippen LogP contribution in [-0.2, 0) is 4.74 Å². The van der Waals surface area contributed by atoms with Crippen LogP contribution in [0.2, 0.25) is 0 Å². The molecular weight excluding hydrogens is 200 g/mol. The highest BCUT2D eigenvalue weighted by atomic mass is 32.1. The number of esters is 1. The fraction of sp³-hybridized carbons (Fsp3) is 0.500. The lowest BCUT2D eigenvalue weighted by molar-refractivity contribution is 0.0602. The summed E-state index contributed by atoms with van der Waals surface area (Å²) in [5.41, 5.74) is 0. The van der Waals surface area contributed by atoms with Gasteiger partial charge in [0.25, 0.3) is 0 Å². The first kappa shape index (κ1) is 11.0. The van der Waals surface area contributed by atoms with E-state index in [0.717, 1.165) is 12.8 Å². The molecule has 0 aliphatic carbocycles.